The standard InChI is InChI=1S/C27H29ClN4O3S/c28-24-15-22(4-5-25(24)33)29-27(35)20-6-8-30(16-20)17-26(34)32-11-9-31(10-12-32)23-3-1-2-19(14-23)21-7-13-36-18-21/h1-5,7,13-15,18,20,33H,6,8-12,16-17H2,(H,29,35)/t20-/m1/s1. The monoisotopic (exact) mass is 524 g/mol. The number of halogens is 1. The zero-order chi connectivity index (χ0) is 25.1. The van der Waals surface area contributed by atoms with Crippen LogP contribution in [0.2, 0.25) is 5.02 Å². The van der Waals surface area contributed by atoms with E-state index in [2.05, 4.69) is 56.2 Å². The molecule has 1 aromatic heterocycles. The number of hydrogen-bond donors (Lipinski definition) is 2. The molecule has 3 aromatic rings. The number of phenols is 1. The molecule has 0 unspecified atom stereocenters. The number of thiophene rings is 1. The van der Waals surface area contributed by atoms with Crippen LogP contribution >= 0.6 is 22.9 Å². The lowest BCUT2D eigenvalue weighted by molar-refractivity contribution is -0.132. The van der Waals surface area contributed by atoms with Crippen molar-refractivity contribution >= 4 is 46.1 Å². The molecular formula is C27H29ClN4O3S. The van der Waals surface area contributed by atoms with Gasteiger partial charge < -0.3 is 20.2 Å². The molecule has 36 heavy (non-hydrogen) atoms. The third kappa shape index (κ3) is 5.67. The van der Waals surface area contributed by atoms with Crippen molar-refractivity contribution in [2.45, 2.75) is 6.42 Å². The first-order valence-electron chi connectivity index (χ1n) is 12.1. The number of carbonyl (C=O) groups is 2. The summed E-state index contributed by atoms with van der Waals surface area (Å²) < 4.78 is 0. The first-order valence-corrected chi connectivity index (χ1v) is 13.5. The van der Waals surface area contributed by atoms with Crippen LogP contribution in [0.4, 0.5) is 11.4 Å². The summed E-state index contributed by atoms with van der Waals surface area (Å²) in [6.07, 6.45) is 0.708. The fraction of sp³-hybridized carbons (Fsp3) is 0.333. The van der Waals surface area contributed by atoms with Gasteiger partial charge in [-0.1, -0.05) is 23.7 Å². The van der Waals surface area contributed by atoms with Crippen molar-refractivity contribution in [2.24, 2.45) is 5.92 Å². The Balaban J connectivity index is 1.09. The summed E-state index contributed by atoms with van der Waals surface area (Å²) in [5.74, 6) is -0.177. The number of hydrogen-bond acceptors (Lipinski definition) is 6. The van der Waals surface area contributed by atoms with Gasteiger partial charge in [0.15, 0.2) is 0 Å². The second-order valence-corrected chi connectivity index (χ2v) is 10.5. The van der Waals surface area contributed by atoms with Crippen LogP contribution in [-0.2, 0) is 9.59 Å². The van der Waals surface area contributed by atoms with E-state index in [4.69, 9.17) is 11.6 Å². The number of amides is 2. The molecule has 2 saturated heterocycles. The van der Waals surface area contributed by atoms with Crippen LogP contribution in [0.15, 0.2) is 59.3 Å². The molecule has 2 aliphatic rings. The molecule has 2 N–H and O–H groups in total. The zero-order valence-electron chi connectivity index (χ0n) is 19.9. The quantitative estimate of drug-likeness (QED) is 0.468. The second kappa shape index (κ2) is 10.9. The van der Waals surface area contributed by atoms with Crippen molar-refractivity contribution < 1.29 is 14.7 Å². The maximum atomic E-state index is 13.0. The fourth-order valence-corrected chi connectivity index (χ4v) is 5.68. The van der Waals surface area contributed by atoms with E-state index in [0.29, 0.717) is 38.3 Å². The molecular weight excluding hydrogens is 496 g/mol. The minimum Gasteiger partial charge on any atom is -0.506 e. The van der Waals surface area contributed by atoms with Crippen LogP contribution in [0.25, 0.3) is 11.1 Å². The van der Waals surface area contributed by atoms with Gasteiger partial charge in [-0.25, -0.2) is 0 Å². The summed E-state index contributed by atoms with van der Waals surface area (Å²) in [6, 6.07) is 15.3. The van der Waals surface area contributed by atoms with Gasteiger partial charge in [0.1, 0.15) is 5.75 Å². The summed E-state index contributed by atoms with van der Waals surface area (Å²) in [6.45, 7) is 4.61. The SMILES string of the molecule is O=C(Nc1ccc(O)c(Cl)c1)[C@@H]1CCN(CC(=O)N2CCN(c3cccc(-c4ccsc4)c3)CC2)C1. The molecule has 9 heteroatoms. The highest BCUT2D eigenvalue weighted by Crippen LogP contribution is 2.28. The van der Waals surface area contributed by atoms with Gasteiger partial charge in [0.25, 0.3) is 0 Å². The van der Waals surface area contributed by atoms with Gasteiger partial charge in [-0.3, -0.25) is 14.5 Å². The number of likely N-dealkylation sites (tertiary alicyclic amines) is 1. The van der Waals surface area contributed by atoms with Crippen LogP contribution in [0, 0.1) is 5.92 Å². The summed E-state index contributed by atoms with van der Waals surface area (Å²) in [7, 11) is 0. The number of nitrogens with zero attached hydrogens (tertiary/aromatic N) is 3. The smallest absolute Gasteiger partial charge is 0.236 e. The number of piperazine rings is 1. The lowest BCUT2D eigenvalue weighted by Crippen LogP contribution is -2.51. The predicted molar refractivity (Wildman–Crippen MR) is 145 cm³/mol. The van der Waals surface area contributed by atoms with Crippen molar-refractivity contribution in [1.82, 2.24) is 9.80 Å². The van der Waals surface area contributed by atoms with E-state index in [0.717, 1.165) is 19.6 Å². The van der Waals surface area contributed by atoms with E-state index in [1.165, 1.54) is 28.9 Å². The molecule has 5 rings (SSSR count). The number of carbonyl (C=O) groups excluding carboxylic acids is 2. The van der Waals surface area contributed by atoms with Gasteiger partial charge in [0, 0.05) is 44.1 Å². The highest BCUT2D eigenvalue weighted by Gasteiger charge is 2.31. The van der Waals surface area contributed by atoms with Crippen LogP contribution in [0.1, 0.15) is 6.42 Å². The van der Waals surface area contributed by atoms with Crippen molar-refractivity contribution in [3.8, 4) is 16.9 Å². The summed E-state index contributed by atoms with van der Waals surface area (Å²) in [4.78, 5) is 32.0. The predicted octanol–water partition coefficient (Wildman–Crippen LogP) is 4.38. The molecule has 0 spiro atoms. The molecule has 7 nitrogen and oxygen atoms in total. The first kappa shape index (κ1) is 24.6. The second-order valence-electron chi connectivity index (χ2n) is 9.31. The van der Waals surface area contributed by atoms with E-state index in [9.17, 15) is 14.7 Å². The molecule has 2 amide bonds. The van der Waals surface area contributed by atoms with E-state index in [-0.39, 0.29) is 28.5 Å². The molecule has 0 bridgehead atoms. The summed E-state index contributed by atoms with van der Waals surface area (Å²) in [5, 5.41) is 16.9. The minimum atomic E-state index is -0.183. The molecule has 2 aliphatic heterocycles. The first-order chi connectivity index (χ1) is 17.5. The molecule has 2 aromatic carbocycles. The highest BCUT2D eigenvalue weighted by atomic mass is 35.5. The Kier molecular flexibility index (Phi) is 7.46. The van der Waals surface area contributed by atoms with Crippen LogP contribution in [0.5, 0.6) is 5.75 Å². The average molecular weight is 525 g/mol. The molecule has 3 heterocycles. The Labute approximate surface area is 219 Å². The van der Waals surface area contributed by atoms with Crippen LogP contribution in [-0.4, -0.2) is 72.5 Å². The fourth-order valence-electron chi connectivity index (χ4n) is 4.84. The van der Waals surface area contributed by atoms with Crippen LogP contribution in [0.3, 0.4) is 0 Å². The summed E-state index contributed by atoms with van der Waals surface area (Å²) in [5.41, 5.74) is 4.19. The summed E-state index contributed by atoms with van der Waals surface area (Å²) >= 11 is 7.63. The van der Waals surface area contributed by atoms with Crippen molar-refractivity contribution in [2.75, 3.05) is 56.0 Å². The third-order valence-electron chi connectivity index (χ3n) is 6.92. The largest absolute Gasteiger partial charge is 0.506 e. The maximum Gasteiger partial charge on any atom is 0.236 e. The number of benzene rings is 2. The van der Waals surface area contributed by atoms with Gasteiger partial charge in [0.05, 0.1) is 17.5 Å². The number of nitrogens with one attached hydrogen (secondary N) is 1. The number of aromatic hydroxyl groups is 1. The normalized spacial score (nSPS) is 18.4. The Morgan fingerprint density at radius 2 is 1.86 bits per heavy atom. The van der Waals surface area contributed by atoms with Gasteiger partial charge >= 0.3 is 0 Å². The Bertz CT molecular complexity index is 1230. The van der Waals surface area contributed by atoms with Crippen molar-refractivity contribution in [3.05, 3.63) is 64.3 Å². The zero-order valence-corrected chi connectivity index (χ0v) is 21.5. The number of phenolic OH excluding ortho intramolecular Hbond substituents is 1. The third-order valence-corrected chi connectivity index (χ3v) is 7.90. The van der Waals surface area contributed by atoms with Crippen molar-refractivity contribution in [1.29, 1.82) is 0 Å². The van der Waals surface area contributed by atoms with Gasteiger partial charge in [-0.2, -0.15) is 11.3 Å². The minimum absolute atomic E-state index is 0.0205. The molecule has 0 aliphatic carbocycles. The lowest BCUT2D eigenvalue weighted by Gasteiger charge is -2.37. The molecule has 188 valence electrons. The topological polar surface area (TPSA) is 76.1 Å². The van der Waals surface area contributed by atoms with E-state index < -0.39 is 0 Å². The Hall–Kier alpha value is -3.07. The number of rotatable bonds is 6. The van der Waals surface area contributed by atoms with E-state index in [1.807, 2.05) is 4.90 Å². The highest BCUT2D eigenvalue weighted by molar-refractivity contribution is 7.08. The van der Waals surface area contributed by atoms with Gasteiger partial charge in [-0.15, -0.1) is 0 Å². The lowest BCUT2D eigenvalue weighted by atomic mass is 10.1. The average Bonchev–Trinajstić information content (AvgIpc) is 3.59. The van der Waals surface area contributed by atoms with E-state index in [1.54, 1.807) is 17.4 Å². The Morgan fingerprint density at radius 3 is 2.61 bits per heavy atom. The molecule has 0 saturated carbocycles. The molecule has 2 fully saturated rings. The van der Waals surface area contributed by atoms with E-state index >= 15 is 0 Å². The Morgan fingerprint density at radius 1 is 1.03 bits per heavy atom. The number of anilines is 2. The van der Waals surface area contributed by atoms with Crippen LogP contribution < -0.4 is 10.2 Å². The molecule has 1 atom stereocenters. The van der Waals surface area contributed by atoms with Gasteiger partial charge in [-0.05, 0) is 71.3 Å². The van der Waals surface area contributed by atoms with Gasteiger partial charge in [0.2, 0.25) is 11.8 Å². The molecule has 0 radical (unpaired) electrons. The maximum absolute atomic E-state index is 13.0. The van der Waals surface area contributed by atoms with Crippen molar-refractivity contribution in [3.63, 3.8) is 0 Å².